The van der Waals surface area contributed by atoms with E-state index in [9.17, 15) is 19.2 Å². The van der Waals surface area contributed by atoms with Crippen LogP contribution in [0.15, 0.2) is 48.5 Å². The summed E-state index contributed by atoms with van der Waals surface area (Å²) in [5, 5.41) is 9.07. The van der Waals surface area contributed by atoms with E-state index in [-0.39, 0.29) is 42.4 Å². The molecule has 228 valence electrons. The summed E-state index contributed by atoms with van der Waals surface area (Å²) in [6, 6.07) is 13.9. The Labute approximate surface area is 254 Å². The molecule has 3 aliphatic heterocycles. The topological polar surface area (TPSA) is 150 Å². The van der Waals surface area contributed by atoms with Gasteiger partial charge in [-0.3, -0.25) is 20.3 Å². The molecule has 2 saturated heterocycles. The van der Waals surface area contributed by atoms with Crippen LogP contribution in [0.3, 0.4) is 0 Å². The molecule has 6 rings (SSSR count). The van der Waals surface area contributed by atoms with Crippen LogP contribution in [0.25, 0.3) is 0 Å². The Morgan fingerprint density at radius 2 is 1.98 bits per heavy atom. The lowest BCUT2D eigenvalue weighted by molar-refractivity contribution is -0.137. The first-order chi connectivity index (χ1) is 20.7. The minimum atomic E-state index is -1.02. The van der Waals surface area contributed by atoms with E-state index in [0.29, 0.717) is 49.4 Å². The number of fused-ring (bicyclic) bond motifs is 3. The van der Waals surface area contributed by atoms with E-state index in [4.69, 9.17) is 21.1 Å². The van der Waals surface area contributed by atoms with E-state index in [1.165, 1.54) is 7.11 Å². The van der Waals surface area contributed by atoms with E-state index in [0.717, 1.165) is 11.1 Å². The molecule has 0 radical (unpaired) electrons. The number of carbonyl (C=O) groups excluding carboxylic acids is 4. The summed E-state index contributed by atoms with van der Waals surface area (Å²) < 4.78 is 10.5. The lowest BCUT2D eigenvalue weighted by Gasteiger charge is -2.36. The second-order valence-electron chi connectivity index (χ2n) is 11.6. The zero-order valence-corrected chi connectivity index (χ0v) is 24.5. The number of amides is 4. The van der Waals surface area contributed by atoms with Crippen LogP contribution in [0, 0.1) is 11.8 Å². The van der Waals surface area contributed by atoms with Gasteiger partial charge in [0, 0.05) is 47.9 Å². The summed E-state index contributed by atoms with van der Waals surface area (Å²) in [6.07, 6.45) is 1.24. The summed E-state index contributed by atoms with van der Waals surface area (Å²) in [6.45, 7) is 0.516. The van der Waals surface area contributed by atoms with Crippen LogP contribution >= 0.6 is 11.6 Å². The summed E-state index contributed by atoms with van der Waals surface area (Å²) >= 11 is 6.29. The number of likely N-dealkylation sites (tertiary alicyclic amines) is 1. The standard InChI is InChI=1S/C30H35ClN6O6/c1-42-28(40)34-25-20-9-7-18(14-23(20)35-36-25)26(38)32-24(13-17-5-3-2-4-6-17)27(39)37-12-11-30(16-37)21-15-19(31)8-10-22(21)33-29(41)43-30/h2-6,8,10,15,18,20,23-25,35-36H,7,9,11-14,16H2,1H3,(H,32,38)(H,33,41)(H,34,40)/t18?,20?,23?,24-,25?,30-/m0/s1. The number of halogens is 1. The van der Waals surface area contributed by atoms with Crippen LogP contribution in [0.5, 0.6) is 0 Å². The molecule has 13 heteroatoms. The summed E-state index contributed by atoms with van der Waals surface area (Å²) in [5.41, 5.74) is 7.53. The van der Waals surface area contributed by atoms with Gasteiger partial charge in [0.2, 0.25) is 11.8 Å². The lowest BCUT2D eigenvalue weighted by Crippen LogP contribution is -2.53. The monoisotopic (exact) mass is 610 g/mol. The van der Waals surface area contributed by atoms with Crippen LogP contribution in [0.1, 0.15) is 36.8 Å². The fourth-order valence-corrected chi connectivity index (χ4v) is 7.01. The van der Waals surface area contributed by atoms with Gasteiger partial charge in [-0.15, -0.1) is 0 Å². The third kappa shape index (κ3) is 5.99. The maximum atomic E-state index is 14.1. The van der Waals surface area contributed by atoms with Gasteiger partial charge in [-0.05, 0) is 43.0 Å². The molecule has 2 aromatic carbocycles. The molecule has 2 aromatic rings. The molecule has 4 aliphatic rings. The van der Waals surface area contributed by atoms with Gasteiger partial charge >= 0.3 is 12.2 Å². The molecule has 1 saturated carbocycles. The Kier molecular flexibility index (Phi) is 8.17. The highest BCUT2D eigenvalue weighted by atomic mass is 35.5. The van der Waals surface area contributed by atoms with Crippen molar-refractivity contribution in [3.05, 3.63) is 64.7 Å². The summed E-state index contributed by atoms with van der Waals surface area (Å²) in [7, 11) is 1.32. The minimum absolute atomic E-state index is 0.0186. The Bertz CT molecular complexity index is 1410. The third-order valence-corrected chi connectivity index (χ3v) is 9.26. The number of anilines is 1. The zero-order valence-electron chi connectivity index (χ0n) is 23.7. The molecule has 6 atom stereocenters. The van der Waals surface area contributed by atoms with Gasteiger partial charge in [0.25, 0.3) is 0 Å². The van der Waals surface area contributed by atoms with Crippen molar-refractivity contribution >= 4 is 41.3 Å². The highest BCUT2D eigenvalue weighted by molar-refractivity contribution is 6.30. The molecule has 12 nitrogen and oxygen atoms in total. The molecule has 1 spiro atoms. The predicted octanol–water partition coefficient (Wildman–Crippen LogP) is 2.63. The molecule has 43 heavy (non-hydrogen) atoms. The van der Waals surface area contributed by atoms with E-state index >= 15 is 0 Å². The molecule has 0 aromatic heterocycles. The maximum absolute atomic E-state index is 14.1. The Balaban J connectivity index is 1.16. The first-order valence-electron chi connectivity index (χ1n) is 14.5. The van der Waals surface area contributed by atoms with Gasteiger partial charge in [0.05, 0.1) is 25.5 Å². The van der Waals surface area contributed by atoms with Crippen molar-refractivity contribution in [3.63, 3.8) is 0 Å². The number of hydrogen-bond donors (Lipinski definition) is 5. The molecule has 3 heterocycles. The molecule has 4 unspecified atom stereocenters. The SMILES string of the molecule is COC(=O)NC1NNC2CC(C(=O)N[C@@H](Cc3ccccc3)C(=O)N3CC[C@@]4(C3)OC(=O)Nc3ccc(Cl)cc34)CCC21. The number of hydrogen-bond acceptors (Lipinski definition) is 8. The quantitative estimate of drug-likeness (QED) is 0.335. The summed E-state index contributed by atoms with van der Waals surface area (Å²) in [5.74, 6) is -0.611. The molecule has 5 N–H and O–H groups in total. The number of nitrogens with one attached hydrogen (secondary N) is 5. The average Bonchev–Trinajstić information content (AvgIpc) is 3.61. The molecule has 3 fully saturated rings. The molecule has 0 bridgehead atoms. The number of nitrogens with zero attached hydrogens (tertiary/aromatic N) is 1. The van der Waals surface area contributed by atoms with E-state index < -0.39 is 23.8 Å². The van der Waals surface area contributed by atoms with Gasteiger partial charge in [0.15, 0.2) is 5.60 Å². The van der Waals surface area contributed by atoms with Crippen molar-refractivity contribution in [2.75, 3.05) is 25.5 Å². The van der Waals surface area contributed by atoms with Crippen molar-refractivity contribution < 1.29 is 28.7 Å². The Morgan fingerprint density at radius 3 is 2.77 bits per heavy atom. The van der Waals surface area contributed by atoms with Crippen LogP contribution in [-0.4, -0.2) is 67.3 Å². The maximum Gasteiger partial charge on any atom is 0.412 e. The fourth-order valence-electron chi connectivity index (χ4n) is 6.83. The first-order valence-corrected chi connectivity index (χ1v) is 14.9. The molecule has 1 aliphatic carbocycles. The second-order valence-corrected chi connectivity index (χ2v) is 12.1. The number of hydrazine groups is 1. The summed E-state index contributed by atoms with van der Waals surface area (Å²) in [4.78, 5) is 53.5. The number of benzene rings is 2. The second kappa shape index (κ2) is 12.0. The van der Waals surface area contributed by atoms with Crippen LogP contribution in [0.4, 0.5) is 15.3 Å². The van der Waals surface area contributed by atoms with Crippen molar-refractivity contribution in [2.45, 2.75) is 56.0 Å². The Morgan fingerprint density at radius 1 is 1.16 bits per heavy atom. The highest BCUT2D eigenvalue weighted by Gasteiger charge is 2.50. The zero-order chi connectivity index (χ0) is 30.1. The van der Waals surface area contributed by atoms with E-state index in [2.05, 4.69) is 26.8 Å². The largest absolute Gasteiger partial charge is 0.453 e. The van der Waals surface area contributed by atoms with Gasteiger partial charge in [-0.1, -0.05) is 41.9 Å². The van der Waals surface area contributed by atoms with Gasteiger partial charge in [0.1, 0.15) is 6.04 Å². The van der Waals surface area contributed by atoms with Crippen molar-refractivity contribution in [1.29, 1.82) is 0 Å². The number of ether oxygens (including phenoxy) is 2. The van der Waals surface area contributed by atoms with Crippen LogP contribution < -0.4 is 26.8 Å². The highest BCUT2D eigenvalue weighted by Crippen LogP contribution is 2.44. The number of carbonyl (C=O) groups is 4. The van der Waals surface area contributed by atoms with Gasteiger partial charge in [-0.2, -0.15) is 0 Å². The van der Waals surface area contributed by atoms with Crippen molar-refractivity contribution in [1.82, 2.24) is 26.4 Å². The third-order valence-electron chi connectivity index (χ3n) is 9.02. The number of methoxy groups -OCH3 is 1. The van der Waals surface area contributed by atoms with Crippen LogP contribution in [-0.2, 0) is 31.1 Å². The van der Waals surface area contributed by atoms with Crippen molar-refractivity contribution in [2.24, 2.45) is 11.8 Å². The fraction of sp³-hybridized carbons (Fsp3) is 0.467. The predicted molar refractivity (Wildman–Crippen MR) is 157 cm³/mol. The average molecular weight is 611 g/mol. The first kappa shape index (κ1) is 29.2. The van der Waals surface area contributed by atoms with Crippen molar-refractivity contribution in [3.8, 4) is 0 Å². The minimum Gasteiger partial charge on any atom is -0.453 e. The smallest absolute Gasteiger partial charge is 0.412 e. The normalized spacial score (nSPS) is 28.2. The van der Waals surface area contributed by atoms with Crippen LogP contribution in [0.2, 0.25) is 5.02 Å². The Hall–Kier alpha value is -3.87. The number of alkyl carbamates (subject to hydrolysis) is 1. The number of rotatable bonds is 6. The van der Waals surface area contributed by atoms with E-state index in [1.54, 1.807) is 23.1 Å². The van der Waals surface area contributed by atoms with Gasteiger partial charge < -0.3 is 25.0 Å². The lowest BCUT2D eigenvalue weighted by atomic mass is 9.77. The molecular formula is C30H35ClN6O6. The van der Waals surface area contributed by atoms with E-state index in [1.807, 2.05) is 30.3 Å². The molecule has 4 amide bonds. The molecular weight excluding hydrogens is 576 g/mol. The van der Waals surface area contributed by atoms with Gasteiger partial charge in [-0.25, -0.2) is 15.0 Å².